The number of nitrogens with zero attached hydrogens (tertiary/aromatic N) is 1. The molecule has 0 bridgehead atoms. The van der Waals surface area contributed by atoms with Gasteiger partial charge in [-0.2, -0.15) is 5.10 Å². The van der Waals surface area contributed by atoms with Gasteiger partial charge in [-0.3, -0.25) is 9.89 Å². The fraction of sp³-hybridized carbons (Fsp3) is 0.200. The molecule has 0 aliphatic heterocycles. The molecule has 10 heteroatoms. The smallest absolute Gasteiger partial charge is 0.273 e. The maximum atomic E-state index is 12.5. The van der Waals surface area contributed by atoms with Gasteiger partial charge in [0.05, 0.1) is 12.8 Å². The van der Waals surface area contributed by atoms with Crippen LogP contribution in [0.2, 0.25) is 5.02 Å². The molecular weight excluding hydrogens is 428 g/mol. The van der Waals surface area contributed by atoms with Crippen LogP contribution in [0.4, 0.5) is 5.69 Å². The highest BCUT2D eigenvalue weighted by Crippen LogP contribution is 2.29. The molecule has 2 aromatic carbocycles. The molecule has 8 nitrogen and oxygen atoms in total. The number of methoxy groups -OCH3 is 1. The average Bonchev–Trinajstić information content (AvgIpc) is 3.20. The number of aromatic amines is 1. The summed E-state index contributed by atoms with van der Waals surface area (Å²) < 4.78 is 32.6. The van der Waals surface area contributed by atoms with Crippen molar-refractivity contribution >= 4 is 33.2 Å². The summed E-state index contributed by atoms with van der Waals surface area (Å²) in [6.07, 6.45) is 0. The van der Waals surface area contributed by atoms with Crippen molar-refractivity contribution in [2.75, 3.05) is 19.0 Å². The first kappa shape index (κ1) is 21.8. The number of hydrogen-bond donors (Lipinski definition) is 3. The van der Waals surface area contributed by atoms with E-state index in [-0.39, 0.29) is 22.9 Å². The van der Waals surface area contributed by atoms with Crippen LogP contribution in [0, 0.1) is 6.92 Å². The molecule has 0 aliphatic rings. The topological polar surface area (TPSA) is 113 Å². The quantitative estimate of drug-likeness (QED) is 0.511. The first-order chi connectivity index (χ1) is 14.2. The van der Waals surface area contributed by atoms with Gasteiger partial charge >= 0.3 is 0 Å². The van der Waals surface area contributed by atoms with E-state index in [2.05, 4.69) is 20.2 Å². The summed E-state index contributed by atoms with van der Waals surface area (Å²) in [4.78, 5) is 12.5. The van der Waals surface area contributed by atoms with Gasteiger partial charge in [-0.25, -0.2) is 13.1 Å². The van der Waals surface area contributed by atoms with Crippen molar-refractivity contribution in [3.8, 4) is 17.0 Å². The first-order valence-electron chi connectivity index (χ1n) is 9.06. The van der Waals surface area contributed by atoms with E-state index in [1.54, 1.807) is 37.3 Å². The van der Waals surface area contributed by atoms with Crippen LogP contribution >= 0.6 is 11.6 Å². The minimum atomic E-state index is -3.75. The zero-order valence-electron chi connectivity index (χ0n) is 16.6. The Hall–Kier alpha value is -2.88. The van der Waals surface area contributed by atoms with E-state index in [1.807, 2.05) is 6.92 Å². The van der Waals surface area contributed by atoms with Gasteiger partial charge in [0.1, 0.15) is 16.3 Å². The third-order valence-electron chi connectivity index (χ3n) is 4.34. The van der Waals surface area contributed by atoms with E-state index in [9.17, 15) is 13.2 Å². The van der Waals surface area contributed by atoms with Crippen LogP contribution in [0.5, 0.6) is 5.75 Å². The van der Waals surface area contributed by atoms with Crippen LogP contribution in [-0.2, 0) is 10.0 Å². The predicted molar refractivity (Wildman–Crippen MR) is 116 cm³/mol. The second-order valence-electron chi connectivity index (χ2n) is 6.45. The van der Waals surface area contributed by atoms with E-state index in [0.717, 1.165) is 5.56 Å². The van der Waals surface area contributed by atoms with E-state index in [0.29, 0.717) is 22.0 Å². The Bertz CT molecular complexity index is 1190. The number of halogens is 1. The van der Waals surface area contributed by atoms with Gasteiger partial charge in [0.25, 0.3) is 5.91 Å². The number of hydrogen-bond acceptors (Lipinski definition) is 5. The van der Waals surface area contributed by atoms with Crippen LogP contribution < -0.4 is 14.8 Å². The number of ether oxygens (including phenoxy) is 1. The Kier molecular flexibility index (Phi) is 6.45. The molecule has 158 valence electrons. The number of H-pyrrole nitrogens is 1. The van der Waals surface area contributed by atoms with Crippen molar-refractivity contribution in [2.24, 2.45) is 0 Å². The molecule has 0 atom stereocenters. The monoisotopic (exact) mass is 448 g/mol. The van der Waals surface area contributed by atoms with Gasteiger partial charge < -0.3 is 10.1 Å². The summed E-state index contributed by atoms with van der Waals surface area (Å²) in [5.41, 5.74) is 2.60. The summed E-state index contributed by atoms with van der Waals surface area (Å²) in [6.45, 7) is 3.80. The van der Waals surface area contributed by atoms with E-state index in [4.69, 9.17) is 16.3 Å². The molecule has 0 radical (unpaired) electrons. The highest BCUT2D eigenvalue weighted by atomic mass is 35.5. The summed E-state index contributed by atoms with van der Waals surface area (Å²) in [5.74, 6) is -0.188. The number of carbonyl (C=O) groups excluding carboxylic acids is 1. The van der Waals surface area contributed by atoms with Crippen LogP contribution in [-0.4, -0.2) is 38.2 Å². The lowest BCUT2D eigenvalue weighted by atomic mass is 10.1. The normalized spacial score (nSPS) is 11.3. The standard InChI is InChI=1S/C20H21ClN4O4S/c1-4-22-30(27,28)19-9-13(6-8-18(19)29-3)16-11-17(25-24-16)20(26)23-14-7-5-12(2)15(21)10-14/h5-11,22H,4H2,1-3H3,(H,23,26)(H,24,25). The minimum absolute atomic E-state index is 0.00681. The summed E-state index contributed by atoms with van der Waals surface area (Å²) in [5, 5.41) is 10.1. The molecular formula is C20H21ClN4O4S. The number of nitrogens with one attached hydrogen (secondary N) is 3. The van der Waals surface area contributed by atoms with Gasteiger partial charge in [0.15, 0.2) is 0 Å². The molecule has 1 aromatic heterocycles. The fourth-order valence-electron chi connectivity index (χ4n) is 2.77. The predicted octanol–water partition coefficient (Wildman–Crippen LogP) is 3.60. The Balaban J connectivity index is 1.88. The van der Waals surface area contributed by atoms with Crippen LogP contribution in [0.1, 0.15) is 23.0 Å². The van der Waals surface area contributed by atoms with Gasteiger partial charge in [0, 0.05) is 22.8 Å². The highest BCUT2D eigenvalue weighted by molar-refractivity contribution is 7.89. The average molecular weight is 449 g/mol. The molecule has 3 N–H and O–H groups in total. The molecule has 0 saturated carbocycles. The van der Waals surface area contributed by atoms with Gasteiger partial charge in [-0.15, -0.1) is 0 Å². The van der Waals surface area contributed by atoms with E-state index in [1.165, 1.54) is 19.2 Å². The maximum Gasteiger partial charge on any atom is 0.273 e. The second kappa shape index (κ2) is 8.86. The Labute approximate surface area is 179 Å². The van der Waals surface area contributed by atoms with Crippen molar-refractivity contribution in [1.82, 2.24) is 14.9 Å². The van der Waals surface area contributed by atoms with Gasteiger partial charge in [0.2, 0.25) is 10.0 Å². The summed E-state index contributed by atoms with van der Waals surface area (Å²) >= 11 is 6.09. The molecule has 0 fully saturated rings. The number of aromatic nitrogens is 2. The molecule has 3 rings (SSSR count). The molecule has 3 aromatic rings. The molecule has 0 aliphatic carbocycles. The summed E-state index contributed by atoms with van der Waals surface area (Å²) in [6, 6.07) is 11.4. The number of rotatable bonds is 7. The Morgan fingerprint density at radius 2 is 1.97 bits per heavy atom. The SMILES string of the molecule is CCNS(=O)(=O)c1cc(-c2cc(C(=O)Nc3ccc(C)c(Cl)c3)[nH]n2)ccc1OC. The lowest BCUT2D eigenvalue weighted by Crippen LogP contribution is -2.23. The van der Waals surface area contributed by atoms with Crippen molar-refractivity contribution in [3.63, 3.8) is 0 Å². The number of carbonyl (C=O) groups is 1. The third-order valence-corrected chi connectivity index (χ3v) is 6.31. The maximum absolute atomic E-state index is 12.5. The van der Waals surface area contributed by atoms with Gasteiger partial charge in [-0.1, -0.05) is 24.6 Å². The van der Waals surface area contributed by atoms with Crippen molar-refractivity contribution in [1.29, 1.82) is 0 Å². The number of sulfonamides is 1. The highest BCUT2D eigenvalue weighted by Gasteiger charge is 2.21. The largest absolute Gasteiger partial charge is 0.495 e. The number of benzene rings is 2. The van der Waals surface area contributed by atoms with E-state index >= 15 is 0 Å². The first-order valence-corrected chi connectivity index (χ1v) is 10.9. The summed E-state index contributed by atoms with van der Waals surface area (Å²) in [7, 11) is -2.35. The molecule has 0 spiro atoms. The number of anilines is 1. The lowest BCUT2D eigenvalue weighted by Gasteiger charge is -2.11. The van der Waals surface area contributed by atoms with Crippen LogP contribution in [0.15, 0.2) is 47.4 Å². The third kappa shape index (κ3) is 4.64. The van der Waals surface area contributed by atoms with E-state index < -0.39 is 15.9 Å². The zero-order chi connectivity index (χ0) is 21.9. The molecule has 0 unspecified atom stereocenters. The second-order valence-corrected chi connectivity index (χ2v) is 8.59. The molecule has 0 saturated heterocycles. The van der Waals surface area contributed by atoms with Crippen LogP contribution in [0.25, 0.3) is 11.3 Å². The Morgan fingerprint density at radius 3 is 2.63 bits per heavy atom. The zero-order valence-corrected chi connectivity index (χ0v) is 18.2. The Morgan fingerprint density at radius 1 is 1.20 bits per heavy atom. The number of aryl methyl sites for hydroxylation is 1. The molecule has 30 heavy (non-hydrogen) atoms. The van der Waals surface area contributed by atoms with Crippen molar-refractivity contribution < 1.29 is 17.9 Å². The van der Waals surface area contributed by atoms with Gasteiger partial charge in [-0.05, 0) is 48.9 Å². The van der Waals surface area contributed by atoms with Crippen LogP contribution in [0.3, 0.4) is 0 Å². The van der Waals surface area contributed by atoms with Crippen molar-refractivity contribution in [2.45, 2.75) is 18.7 Å². The fourth-order valence-corrected chi connectivity index (χ4v) is 4.18. The molecule has 1 heterocycles. The number of amides is 1. The molecule has 1 amide bonds. The lowest BCUT2D eigenvalue weighted by molar-refractivity contribution is 0.102. The van der Waals surface area contributed by atoms with Crippen molar-refractivity contribution in [3.05, 3.63) is 58.7 Å². The minimum Gasteiger partial charge on any atom is -0.495 e.